The van der Waals surface area contributed by atoms with Crippen LogP contribution in [0.1, 0.15) is 27.2 Å². The van der Waals surface area contributed by atoms with Crippen molar-refractivity contribution < 1.29 is 4.74 Å². The van der Waals surface area contributed by atoms with Crippen LogP contribution >= 0.6 is 0 Å². The second kappa shape index (κ2) is 5.56. The standard InChI is InChI=1S/C9H21NO/c1-8(2)10(4)9(3)6-7-11-5/h8-9H,6-7H2,1-5H3. The summed E-state index contributed by atoms with van der Waals surface area (Å²) in [5.74, 6) is 0. The Balaban J connectivity index is 3.55. The molecule has 1 atom stereocenters. The average molecular weight is 159 g/mol. The summed E-state index contributed by atoms with van der Waals surface area (Å²) in [5.41, 5.74) is 0. The molecular formula is C9H21NO. The summed E-state index contributed by atoms with van der Waals surface area (Å²) in [6.45, 7) is 7.52. The molecular weight excluding hydrogens is 138 g/mol. The minimum Gasteiger partial charge on any atom is -0.385 e. The second-order valence-corrected chi connectivity index (χ2v) is 3.39. The molecule has 0 aromatic rings. The second-order valence-electron chi connectivity index (χ2n) is 3.39. The highest BCUT2D eigenvalue weighted by Gasteiger charge is 2.10. The zero-order chi connectivity index (χ0) is 8.85. The third-order valence-corrected chi connectivity index (χ3v) is 2.25. The van der Waals surface area contributed by atoms with Crippen LogP contribution in [-0.4, -0.2) is 37.7 Å². The first-order valence-corrected chi connectivity index (χ1v) is 4.30. The highest BCUT2D eigenvalue weighted by molar-refractivity contribution is 4.65. The molecule has 0 fully saturated rings. The molecule has 1 unspecified atom stereocenters. The van der Waals surface area contributed by atoms with Gasteiger partial charge >= 0.3 is 0 Å². The fourth-order valence-corrected chi connectivity index (χ4v) is 1.00. The van der Waals surface area contributed by atoms with E-state index in [0.717, 1.165) is 13.0 Å². The molecule has 11 heavy (non-hydrogen) atoms. The monoisotopic (exact) mass is 159 g/mol. The summed E-state index contributed by atoms with van der Waals surface area (Å²) >= 11 is 0. The summed E-state index contributed by atoms with van der Waals surface area (Å²) in [6.07, 6.45) is 1.12. The van der Waals surface area contributed by atoms with E-state index in [1.807, 2.05) is 0 Å². The van der Waals surface area contributed by atoms with Crippen LogP contribution in [-0.2, 0) is 4.74 Å². The van der Waals surface area contributed by atoms with Crippen LogP contribution < -0.4 is 0 Å². The van der Waals surface area contributed by atoms with Crippen LogP contribution in [0.15, 0.2) is 0 Å². The van der Waals surface area contributed by atoms with Gasteiger partial charge in [0.05, 0.1) is 0 Å². The van der Waals surface area contributed by atoms with Crippen molar-refractivity contribution in [1.29, 1.82) is 0 Å². The highest BCUT2D eigenvalue weighted by atomic mass is 16.5. The van der Waals surface area contributed by atoms with Crippen molar-refractivity contribution in [2.75, 3.05) is 20.8 Å². The van der Waals surface area contributed by atoms with Gasteiger partial charge in [0.2, 0.25) is 0 Å². The van der Waals surface area contributed by atoms with Crippen LogP contribution in [0.3, 0.4) is 0 Å². The van der Waals surface area contributed by atoms with Gasteiger partial charge in [-0.25, -0.2) is 0 Å². The van der Waals surface area contributed by atoms with E-state index in [0.29, 0.717) is 12.1 Å². The summed E-state index contributed by atoms with van der Waals surface area (Å²) < 4.78 is 5.02. The molecule has 0 saturated heterocycles. The van der Waals surface area contributed by atoms with E-state index in [4.69, 9.17) is 4.74 Å². The third-order valence-electron chi connectivity index (χ3n) is 2.25. The van der Waals surface area contributed by atoms with Crippen LogP contribution in [0.25, 0.3) is 0 Å². The fourth-order valence-electron chi connectivity index (χ4n) is 1.00. The van der Waals surface area contributed by atoms with E-state index >= 15 is 0 Å². The molecule has 2 heteroatoms. The maximum Gasteiger partial charge on any atom is 0.0477 e. The first kappa shape index (κ1) is 10.9. The molecule has 0 N–H and O–H groups in total. The van der Waals surface area contributed by atoms with Gasteiger partial charge < -0.3 is 9.64 Å². The van der Waals surface area contributed by atoms with Crippen molar-refractivity contribution in [2.45, 2.75) is 39.3 Å². The molecule has 0 spiro atoms. The molecule has 0 saturated carbocycles. The van der Waals surface area contributed by atoms with Crippen molar-refractivity contribution in [2.24, 2.45) is 0 Å². The van der Waals surface area contributed by atoms with Crippen LogP contribution in [0, 0.1) is 0 Å². The SMILES string of the molecule is COCCC(C)N(C)C(C)C. The van der Waals surface area contributed by atoms with Gasteiger partial charge in [-0.1, -0.05) is 0 Å². The maximum absolute atomic E-state index is 5.02. The Labute approximate surface area is 70.5 Å². The Morgan fingerprint density at radius 1 is 1.27 bits per heavy atom. The van der Waals surface area contributed by atoms with E-state index in [1.54, 1.807) is 7.11 Å². The lowest BCUT2D eigenvalue weighted by Gasteiger charge is -2.28. The Morgan fingerprint density at radius 2 is 1.82 bits per heavy atom. The minimum absolute atomic E-state index is 0.620. The fraction of sp³-hybridized carbons (Fsp3) is 1.00. The summed E-state index contributed by atoms with van der Waals surface area (Å²) in [4.78, 5) is 2.36. The lowest BCUT2D eigenvalue weighted by atomic mass is 10.2. The molecule has 68 valence electrons. The number of hydrogen-bond acceptors (Lipinski definition) is 2. The number of nitrogens with zero attached hydrogens (tertiary/aromatic N) is 1. The van der Waals surface area contributed by atoms with Gasteiger partial charge in [0.15, 0.2) is 0 Å². The molecule has 2 nitrogen and oxygen atoms in total. The van der Waals surface area contributed by atoms with Gasteiger partial charge in [-0.05, 0) is 34.2 Å². The zero-order valence-corrected chi connectivity index (χ0v) is 8.42. The van der Waals surface area contributed by atoms with Crippen molar-refractivity contribution >= 4 is 0 Å². The Kier molecular flexibility index (Phi) is 5.51. The lowest BCUT2D eigenvalue weighted by molar-refractivity contribution is 0.137. The van der Waals surface area contributed by atoms with E-state index in [9.17, 15) is 0 Å². The molecule has 0 bridgehead atoms. The van der Waals surface area contributed by atoms with E-state index in [2.05, 4.69) is 32.7 Å². The van der Waals surface area contributed by atoms with Gasteiger partial charge in [-0.2, -0.15) is 0 Å². The predicted octanol–water partition coefficient (Wildman–Crippen LogP) is 1.75. The van der Waals surface area contributed by atoms with Crippen LogP contribution in [0.4, 0.5) is 0 Å². The summed E-state index contributed by atoms with van der Waals surface area (Å²) in [6, 6.07) is 1.25. The Hall–Kier alpha value is -0.0800. The molecule has 0 rings (SSSR count). The quantitative estimate of drug-likeness (QED) is 0.606. The molecule has 0 aromatic carbocycles. The third kappa shape index (κ3) is 4.38. The van der Waals surface area contributed by atoms with Gasteiger partial charge in [0.1, 0.15) is 0 Å². The summed E-state index contributed by atoms with van der Waals surface area (Å²) in [7, 11) is 3.91. The van der Waals surface area contributed by atoms with Gasteiger partial charge in [0, 0.05) is 25.8 Å². The molecule has 0 aliphatic heterocycles. The first-order valence-electron chi connectivity index (χ1n) is 4.30. The van der Waals surface area contributed by atoms with E-state index in [1.165, 1.54) is 0 Å². The number of rotatable bonds is 5. The Bertz CT molecular complexity index is 93.6. The van der Waals surface area contributed by atoms with E-state index < -0.39 is 0 Å². The molecule has 0 aliphatic rings. The van der Waals surface area contributed by atoms with Gasteiger partial charge in [-0.15, -0.1) is 0 Å². The maximum atomic E-state index is 5.02. The normalized spacial score (nSPS) is 14.5. The van der Waals surface area contributed by atoms with Crippen molar-refractivity contribution in [3.8, 4) is 0 Å². The van der Waals surface area contributed by atoms with Gasteiger partial charge in [-0.3, -0.25) is 0 Å². The minimum atomic E-state index is 0.620. The highest BCUT2D eigenvalue weighted by Crippen LogP contribution is 2.04. The largest absolute Gasteiger partial charge is 0.385 e. The Morgan fingerprint density at radius 3 is 2.18 bits per heavy atom. The zero-order valence-electron chi connectivity index (χ0n) is 8.42. The molecule has 0 heterocycles. The smallest absolute Gasteiger partial charge is 0.0477 e. The van der Waals surface area contributed by atoms with Crippen LogP contribution in [0.2, 0.25) is 0 Å². The topological polar surface area (TPSA) is 12.5 Å². The predicted molar refractivity (Wildman–Crippen MR) is 48.9 cm³/mol. The lowest BCUT2D eigenvalue weighted by Crippen LogP contribution is -2.35. The number of hydrogen-bond donors (Lipinski definition) is 0. The van der Waals surface area contributed by atoms with Crippen molar-refractivity contribution in [3.05, 3.63) is 0 Å². The summed E-state index contributed by atoms with van der Waals surface area (Å²) in [5, 5.41) is 0. The average Bonchev–Trinajstić information content (AvgIpc) is 1.98. The molecule has 0 aromatic heterocycles. The molecule has 0 radical (unpaired) electrons. The first-order chi connectivity index (χ1) is 5.09. The molecule has 0 aliphatic carbocycles. The van der Waals surface area contributed by atoms with Gasteiger partial charge in [0.25, 0.3) is 0 Å². The van der Waals surface area contributed by atoms with Crippen molar-refractivity contribution in [3.63, 3.8) is 0 Å². The molecule has 0 amide bonds. The van der Waals surface area contributed by atoms with E-state index in [-0.39, 0.29) is 0 Å². The van der Waals surface area contributed by atoms with Crippen LogP contribution in [0.5, 0.6) is 0 Å². The number of ether oxygens (including phenoxy) is 1. The van der Waals surface area contributed by atoms with Crippen molar-refractivity contribution in [1.82, 2.24) is 4.90 Å². The number of methoxy groups -OCH3 is 1.